The van der Waals surface area contributed by atoms with E-state index in [4.69, 9.17) is 25.5 Å². The Hall–Kier alpha value is -3.95. The number of fused-ring (bicyclic) bond motifs is 2. The zero-order valence-corrected chi connectivity index (χ0v) is 22.9. The summed E-state index contributed by atoms with van der Waals surface area (Å²) in [7, 11) is 0. The van der Waals surface area contributed by atoms with Crippen LogP contribution in [0.2, 0.25) is 5.02 Å². The van der Waals surface area contributed by atoms with Crippen molar-refractivity contribution in [1.29, 1.82) is 0 Å². The van der Waals surface area contributed by atoms with Gasteiger partial charge in [0.2, 0.25) is 5.76 Å². The molecule has 0 bridgehead atoms. The van der Waals surface area contributed by atoms with Crippen molar-refractivity contribution in [2.45, 2.75) is 32.7 Å². The molecule has 0 saturated heterocycles. The summed E-state index contributed by atoms with van der Waals surface area (Å²) < 4.78 is 17.1. The lowest BCUT2D eigenvalue weighted by molar-refractivity contribution is 0.0554. The van der Waals surface area contributed by atoms with Gasteiger partial charge in [0, 0.05) is 5.02 Å². The van der Waals surface area contributed by atoms with Crippen molar-refractivity contribution in [3.8, 4) is 5.75 Å². The topological polar surface area (TPSA) is 98.9 Å². The quantitative estimate of drug-likeness (QED) is 0.130. The molecule has 39 heavy (non-hydrogen) atoms. The van der Waals surface area contributed by atoms with Gasteiger partial charge in [0.25, 0.3) is 5.91 Å². The Morgan fingerprint density at radius 2 is 2.08 bits per heavy atom. The molecule has 3 heterocycles. The molecule has 2 aromatic carbocycles. The Bertz CT molecular complexity index is 1660. The van der Waals surface area contributed by atoms with Crippen molar-refractivity contribution in [3.05, 3.63) is 97.8 Å². The lowest BCUT2D eigenvalue weighted by Gasteiger charge is -2.23. The zero-order valence-electron chi connectivity index (χ0n) is 21.4. The molecule has 0 radical (unpaired) electrons. The van der Waals surface area contributed by atoms with Gasteiger partial charge in [0.15, 0.2) is 10.6 Å². The maximum atomic E-state index is 13.9. The van der Waals surface area contributed by atoms with Gasteiger partial charge >= 0.3 is 5.97 Å². The molecule has 1 amide bonds. The SMILES string of the molecule is C=CCOC(=O)c1sc(N2C(=O)c3oc4ccc(Cl)cc4c(=O)c3C2c2cccc(OCCCC)c2)nc1C. The smallest absolute Gasteiger partial charge is 0.350 e. The predicted molar refractivity (Wildman–Crippen MR) is 150 cm³/mol. The number of ether oxygens (including phenoxy) is 2. The van der Waals surface area contributed by atoms with Crippen molar-refractivity contribution in [2.24, 2.45) is 0 Å². The van der Waals surface area contributed by atoms with E-state index in [0.717, 1.165) is 24.2 Å². The highest BCUT2D eigenvalue weighted by Gasteiger charge is 2.45. The summed E-state index contributed by atoms with van der Waals surface area (Å²) in [6.07, 6.45) is 3.34. The molecule has 8 nitrogen and oxygen atoms in total. The number of rotatable bonds is 9. The average molecular weight is 565 g/mol. The van der Waals surface area contributed by atoms with Gasteiger partial charge < -0.3 is 13.9 Å². The average Bonchev–Trinajstić information content (AvgIpc) is 3.45. The Morgan fingerprint density at radius 3 is 2.85 bits per heavy atom. The molecule has 0 aliphatic carbocycles. The van der Waals surface area contributed by atoms with Crippen LogP contribution in [0.1, 0.15) is 62.9 Å². The van der Waals surface area contributed by atoms with Crippen LogP contribution in [0, 0.1) is 6.92 Å². The van der Waals surface area contributed by atoms with Crippen molar-refractivity contribution < 1.29 is 23.5 Å². The van der Waals surface area contributed by atoms with Crippen LogP contribution in [-0.2, 0) is 4.74 Å². The summed E-state index contributed by atoms with van der Waals surface area (Å²) in [5.74, 6) is -0.585. The number of esters is 1. The molecular weight excluding hydrogens is 540 g/mol. The van der Waals surface area contributed by atoms with Gasteiger partial charge in [-0.05, 0) is 49.2 Å². The van der Waals surface area contributed by atoms with E-state index in [1.165, 1.54) is 17.0 Å². The number of aryl methyl sites for hydroxylation is 1. The minimum Gasteiger partial charge on any atom is -0.494 e. The van der Waals surface area contributed by atoms with Gasteiger partial charge in [-0.1, -0.05) is 61.1 Å². The van der Waals surface area contributed by atoms with Crippen LogP contribution in [0.15, 0.2) is 64.3 Å². The molecule has 0 spiro atoms. The number of carbonyl (C=O) groups is 2. The van der Waals surface area contributed by atoms with Crippen LogP contribution >= 0.6 is 22.9 Å². The molecule has 0 fully saturated rings. The van der Waals surface area contributed by atoms with Gasteiger partial charge in [-0.15, -0.1) is 0 Å². The lowest BCUT2D eigenvalue weighted by Crippen LogP contribution is -2.29. The highest BCUT2D eigenvalue weighted by Crippen LogP contribution is 2.44. The number of anilines is 1. The normalized spacial score (nSPS) is 14.5. The highest BCUT2D eigenvalue weighted by atomic mass is 35.5. The summed E-state index contributed by atoms with van der Waals surface area (Å²) in [5, 5.41) is 0.871. The van der Waals surface area contributed by atoms with Crippen LogP contribution in [0.5, 0.6) is 5.75 Å². The van der Waals surface area contributed by atoms with Crippen LogP contribution in [-0.4, -0.2) is 30.1 Å². The molecule has 4 aromatic rings. The van der Waals surface area contributed by atoms with E-state index < -0.39 is 17.9 Å². The van der Waals surface area contributed by atoms with E-state index >= 15 is 0 Å². The zero-order chi connectivity index (χ0) is 27.7. The molecule has 1 atom stereocenters. The second-order valence-electron chi connectivity index (χ2n) is 8.96. The highest BCUT2D eigenvalue weighted by molar-refractivity contribution is 7.17. The monoisotopic (exact) mass is 564 g/mol. The van der Waals surface area contributed by atoms with Crippen LogP contribution in [0.25, 0.3) is 11.0 Å². The molecule has 1 unspecified atom stereocenters. The van der Waals surface area contributed by atoms with Crippen LogP contribution in [0.3, 0.4) is 0 Å². The van der Waals surface area contributed by atoms with Crippen molar-refractivity contribution >= 4 is 50.9 Å². The fourth-order valence-corrected chi connectivity index (χ4v) is 5.60. The van der Waals surface area contributed by atoms with E-state index in [0.29, 0.717) is 28.6 Å². The van der Waals surface area contributed by atoms with E-state index in [1.54, 1.807) is 25.1 Å². The summed E-state index contributed by atoms with van der Waals surface area (Å²) in [6, 6.07) is 11.1. The number of amides is 1. The number of hydrogen-bond acceptors (Lipinski definition) is 8. The molecular formula is C29H25ClN2O6S. The Kier molecular flexibility index (Phi) is 7.54. The van der Waals surface area contributed by atoms with E-state index in [1.807, 2.05) is 18.2 Å². The van der Waals surface area contributed by atoms with Gasteiger partial charge in [0.05, 0.1) is 29.3 Å². The number of carbonyl (C=O) groups excluding carboxylic acids is 2. The number of hydrogen-bond donors (Lipinski definition) is 0. The van der Waals surface area contributed by atoms with Gasteiger partial charge in [-0.3, -0.25) is 14.5 Å². The van der Waals surface area contributed by atoms with Crippen LogP contribution < -0.4 is 15.1 Å². The Morgan fingerprint density at radius 1 is 1.26 bits per heavy atom. The predicted octanol–water partition coefficient (Wildman–Crippen LogP) is 6.48. The minimum absolute atomic E-state index is 0.0423. The van der Waals surface area contributed by atoms with Gasteiger partial charge in [-0.25, -0.2) is 9.78 Å². The standard InChI is InChI=1S/C29H25ClN2O6S/c1-4-6-13-36-19-9-7-8-17(14-19)23-22-24(33)20-15-18(30)10-11-21(20)38-25(22)27(34)32(23)29-31-16(3)26(39-29)28(35)37-12-5-2/h5,7-11,14-15,23H,2,4,6,12-13H2,1,3H3. The number of unbranched alkanes of at least 4 members (excludes halogenated alkanes) is 1. The summed E-state index contributed by atoms with van der Waals surface area (Å²) in [6.45, 7) is 7.88. The third-order valence-electron chi connectivity index (χ3n) is 6.28. The third-order valence-corrected chi connectivity index (χ3v) is 7.65. The summed E-state index contributed by atoms with van der Waals surface area (Å²) >= 11 is 7.19. The summed E-state index contributed by atoms with van der Waals surface area (Å²) in [4.78, 5) is 46.5. The van der Waals surface area contributed by atoms with Gasteiger partial charge in [-0.2, -0.15) is 0 Å². The second kappa shape index (κ2) is 11.0. The lowest BCUT2D eigenvalue weighted by atomic mass is 9.98. The van der Waals surface area contributed by atoms with E-state index in [9.17, 15) is 14.4 Å². The van der Waals surface area contributed by atoms with Crippen LogP contribution in [0.4, 0.5) is 5.13 Å². The van der Waals surface area contributed by atoms with E-state index in [-0.39, 0.29) is 44.3 Å². The molecule has 200 valence electrons. The minimum atomic E-state index is -0.871. The third kappa shape index (κ3) is 4.95. The molecule has 1 aliphatic heterocycles. The first-order chi connectivity index (χ1) is 18.8. The number of nitrogens with zero attached hydrogens (tertiary/aromatic N) is 2. The molecule has 10 heteroatoms. The summed E-state index contributed by atoms with van der Waals surface area (Å²) in [5.41, 5.74) is 1.08. The largest absolute Gasteiger partial charge is 0.494 e. The fourth-order valence-electron chi connectivity index (χ4n) is 4.44. The van der Waals surface area contributed by atoms with Crippen molar-refractivity contribution in [1.82, 2.24) is 4.98 Å². The Balaban J connectivity index is 1.68. The first kappa shape index (κ1) is 26.6. The van der Waals surface area contributed by atoms with Gasteiger partial charge in [0.1, 0.15) is 22.8 Å². The van der Waals surface area contributed by atoms with E-state index in [2.05, 4.69) is 18.5 Å². The molecule has 1 aliphatic rings. The first-order valence-electron chi connectivity index (χ1n) is 12.4. The van der Waals surface area contributed by atoms with Crippen molar-refractivity contribution in [3.63, 3.8) is 0 Å². The molecule has 5 rings (SSSR count). The molecule has 2 aromatic heterocycles. The maximum Gasteiger partial charge on any atom is 0.350 e. The second-order valence-corrected chi connectivity index (χ2v) is 10.4. The number of thiazole rings is 1. The molecule has 0 saturated carbocycles. The maximum absolute atomic E-state index is 13.9. The Labute approximate surface area is 233 Å². The fraction of sp³-hybridized carbons (Fsp3) is 0.241. The number of aromatic nitrogens is 1. The van der Waals surface area contributed by atoms with Crippen molar-refractivity contribution in [2.75, 3.05) is 18.1 Å². The first-order valence-corrected chi connectivity index (χ1v) is 13.6. The number of benzene rings is 2. The molecule has 0 N–H and O–H groups in total. The number of halogens is 1.